The van der Waals surface area contributed by atoms with E-state index in [-0.39, 0.29) is 65.4 Å². The van der Waals surface area contributed by atoms with E-state index in [0.29, 0.717) is 37.6 Å². The number of aromatic nitrogens is 4. The third-order valence-electron chi connectivity index (χ3n) is 14.4. The fourth-order valence-electron chi connectivity index (χ4n) is 10.5. The van der Waals surface area contributed by atoms with Gasteiger partial charge in [0, 0.05) is 45.8 Å². The second kappa shape index (κ2) is 20.0. The zero-order chi connectivity index (χ0) is 49.5. The van der Waals surface area contributed by atoms with Crippen molar-refractivity contribution >= 4 is 51.8 Å². The number of H-pyrrole nitrogens is 2. The molecule has 3 aliphatic heterocycles. The van der Waals surface area contributed by atoms with Gasteiger partial charge in [-0.1, -0.05) is 72.7 Å². The number of carbonyl (C=O) groups is 4. The molecule has 370 valence electrons. The average molecular weight is 948 g/mol. The molecule has 5 aromatic rings. The van der Waals surface area contributed by atoms with E-state index in [9.17, 15) is 19.2 Å². The van der Waals surface area contributed by atoms with Gasteiger partial charge in [0.05, 0.1) is 72.7 Å². The van der Waals surface area contributed by atoms with E-state index in [1.54, 1.807) is 24.0 Å². The van der Waals surface area contributed by atoms with Gasteiger partial charge < -0.3 is 54.2 Å². The molecule has 4 amide bonds. The Morgan fingerprint density at radius 1 is 0.623 bits per heavy atom. The number of imidazole rings is 2. The number of amides is 4. The average Bonchev–Trinajstić information content (AvgIpc) is 4.19. The number of nitrogens with one attached hydrogen (secondary N) is 4. The van der Waals surface area contributed by atoms with Crippen LogP contribution in [0.25, 0.3) is 22.1 Å². The van der Waals surface area contributed by atoms with Gasteiger partial charge in [0.2, 0.25) is 11.8 Å². The molecule has 69 heavy (non-hydrogen) atoms. The van der Waals surface area contributed by atoms with Crippen LogP contribution in [0.1, 0.15) is 127 Å². The van der Waals surface area contributed by atoms with Crippen LogP contribution < -0.4 is 15.5 Å². The molecule has 2 aromatic heterocycles. The van der Waals surface area contributed by atoms with Gasteiger partial charge >= 0.3 is 12.2 Å². The fraction of sp³-hybridized carbons (Fsp3) is 0.538. The third kappa shape index (κ3) is 9.98. The first-order valence-corrected chi connectivity index (χ1v) is 24.2. The van der Waals surface area contributed by atoms with Crippen molar-refractivity contribution < 1.29 is 38.1 Å². The molecule has 8 unspecified atom stereocenters. The number of carbonyl (C=O) groups excluding carboxylic acids is 4. The van der Waals surface area contributed by atoms with Crippen LogP contribution in [0.2, 0.25) is 0 Å². The van der Waals surface area contributed by atoms with E-state index >= 15 is 0 Å². The second-order valence-electron chi connectivity index (χ2n) is 20.5. The molecule has 3 aliphatic rings. The number of rotatable bonds is 13. The van der Waals surface area contributed by atoms with E-state index in [0.717, 1.165) is 51.7 Å². The smallest absolute Gasteiger partial charge is 0.407 e. The molecule has 0 aliphatic carbocycles. The summed E-state index contributed by atoms with van der Waals surface area (Å²) in [6.45, 7) is 15.0. The summed E-state index contributed by atoms with van der Waals surface area (Å²) in [5.41, 5.74) is 7.97. The number of hydrogen-bond acceptors (Lipinski definition) is 11. The number of hydrogen-bond donors (Lipinski definition) is 4. The first-order valence-electron chi connectivity index (χ1n) is 24.2. The van der Waals surface area contributed by atoms with Gasteiger partial charge in [0.25, 0.3) is 0 Å². The van der Waals surface area contributed by atoms with Crippen molar-refractivity contribution in [1.29, 1.82) is 0 Å². The number of benzene rings is 3. The Hall–Kier alpha value is -6.20. The number of fused-ring (bicyclic) bond motifs is 2. The van der Waals surface area contributed by atoms with Gasteiger partial charge in [-0.15, -0.1) is 0 Å². The lowest BCUT2D eigenvalue weighted by Gasteiger charge is -2.34. The molecule has 3 saturated heterocycles. The number of likely N-dealkylation sites (tertiary alicyclic amines) is 2. The summed E-state index contributed by atoms with van der Waals surface area (Å²) in [6, 6.07) is 19.5. The lowest BCUT2D eigenvalue weighted by atomic mass is 9.87. The standard InChI is InChI=1S/C52H69N9O8/c1-28(2)44(57-50(64)68-10)48(62)59-26-34(66-8)24-42(59)46-53-36-18-12-30(22-38(36)55-46)40-20-21-41(61(40)33-16-14-32(15-17-33)52(5,6)7)31-13-19-37-39(23-31)56-47(54-37)43-25-35(67-9)27-60(43)49(63)45(29(3)4)58-51(65)69-11/h12-19,22-23,28-29,34-35,40-45H,20-21,24-27H2,1-11H3,(H,53,55)(H,54,56)(H,57,64)(H,58,65). The van der Waals surface area contributed by atoms with Crippen LogP contribution in [0.3, 0.4) is 0 Å². The summed E-state index contributed by atoms with van der Waals surface area (Å²) < 4.78 is 21.3. The first-order chi connectivity index (χ1) is 32.9. The first kappa shape index (κ1) is 49.2. The monoisotopic (exact) mass is 948 g/mol. The van der Waals surface area contributed by atoms with E-state index in [1.165, 1.54) is 19.8 Å². The third-order valence-corrected chi connectivity index (χ3v) is 14.4. The van der Waals surface area contributed by atoms with Crippen LogP contribution in [0.5, 0.6) is 0 Å². The number of methoxy groups -OCH3 is 4. The molecule has 5 heterocycles. The van der Waals surface area contributed by atoms with Gasteiger partial charge in [0.1, 0.15) is 23.7 Å². The van der Waals surface area contributed by atoms with Crippen LogP contribution >= 0.6 is 0 Å². The predicted molar refractivity (Wildman–Crippen MR) is 263 cm³/mol. The Kier molecular flexibility index (Phi) is 14.3. The van der Waals surface area contributed by atoms with Crippen molar-refractivity contribution in [2.24, 2.45) is 11.8 Å². The number of ether oxygens (including phenoxy) is 4. The largest absolute Gasteiger partial charge is 0.453 e. The summed E-state index contributed by atoms with van der Waals surface area (Å²) in [7, 11) is 5.88. The van der Waals surface area contributed by atoms with Crippen molar-refractivity contribution in [2.75, 3.05) is 46.4 Å². The Balaban J connectivity index is 1.11. The summed E-state index contributed by atoms with van der Waals surface area (Å²) >= 11 is 0. The van der Waals surface area contributed by atoms with E-state index in [1.807, 2.05) is 27.7 Å². The second-order valence-corrected chi connectivity index (χ2v) is 20.5. The van der Waals surface area contributed by atoms with Gasteiger partial charge in [-0.3, -0.25) is 9.59 Å². The number of anilines is 1. The highest BCUT2D eigenvalue weighted by atomic mass is 16.5. The molecule has 17 heteroatoms. The maximum atomic E-state index is 14.1. The molecular weight excluding hydrogens is 879 g/mol. The van der Waals surface area contributed by atoms with E-state index in [2.05, 4.69) is 107 Å². The van der Waals surface area contributed by atoms with Gasteiger partial charge in [-0.05, 0) is 83.2 Å². The Bertz CT molecular complexity index is 2500. The van der Waals surface area contributed by atoms with E-state index < -0.39 is 24.3 Å². The zero-order valence-electron chi connectivity index (χ0n) is 41.8. The molecule has 8 atom stereocenters. The normalized spacial score (nSPS) is 22.8. The summed E-state index contributed by atoms with van der Waals surface area (Å²) in [5.74, 6) is 0.561. The summed E-state index contributed by atoms with van der Waals surface area (Å²) in [4.78, 5) is 76.1. The lowest BCUT2D eigenvalue weighted by molar-refractivity contribution is -0.136. The van der Waals surface area contributed by atoms with Gasteiger partial charge in [-0.25, -0.2) is 19.6 Å². The van der Waals surface area contributed by atoms with Crippen LogP contribution in [-0.2, 0) is 34.0 Å². The lowest BCUT2D eigenvalue weighted by Crippen LogP contribution is -2.51. The maximum Gasteiger partial charge on any atom is 0.407 e. The van der Waals surface area contributed by atoms with Crippen LogP contribution in [0.4, 0.5) is 15.3 Å². The highest BCUT2D eigenvalue weighted by Gasteiger charge is 2.44. The van der Waals surface area contributed by atoms with Crippen molar-refractivity contribution in [2.45, 2.75) is 128 Å². The zero-order valence-corrected chi connectivity index (χ0v) is 41.8. The molecule has 8 rings (SSSR count). The molecule has 17 nitrogen and oxygen atoms in total. The highest BCUT2D eigenvalue weighted by molar-refractivity contribution is 5.88. The fourth-order valence-corrected chi connectivity index (χ4v) is 10.5. The number of nitrogens with zero attached hydrogens (tertiary/aromatic N) is 5. The van der Waals surface area contributed by atoms with Crippen molar-refractivity contribution in [3.63, 3.8) is 0 Å². The molecule has 0 radical (unpaired) electrons. The molecule has 3 fully saturated rings. The Morgan fingerprint density at radius 2 is 1.04 bits per heavy atom. The van der Waals surface area contributed by atoms with Crippen LogP contribution in [-0.4, -0.2) is 120 Å². The van der Waals surface area contributed by atoms with Gasteiger partial charge in [0.15, 0.2) is 0 Å². The molecular formula is C52H69N9O8. The van der Waals surface area contributed by atoms with Crippen molar-refractivity contribution in [3.05, 3.63) is 89.0 Å². The minimum absolute atomic E-state index is 0.0122. The van der Waals surface area contributed by atoms with Crippen molar-refractivity contribution in [3.8, 4) is 0 Å². The van der Waals surface area contributed by atoms with E-state index in [4.69, 9.17) is 28.9 Å². The quantitative estimate of drug-likeness (QED) is 0.0889. The van der Waals surface area contributed by atoms with Crippen LogP contribution in [0.15, 0.2) is 60.7 Å². The predicted octanol–water partition coefficient (Wildman–Crippen LogP) is 8.16. The minimum atomic E-state index is -0.779. The molecule has 0 bridgehead atoms. The molecule has 3 aromatic carbocycles. The van der Waals surface area contributed by atoms with Gasteiger partial charge in [-0.2, -0.15) is 0 Å². The minimum Gasteiger partial charge on any atom is -0.453 e. The topological polar surface area (TPSA) is 196 Å². The number of aromatic amines is 2. The maximum absolute atomic E-state index is 14.1. The summed E-state index contributed by atoms with van der Waals surface area (Å²) in [5, 5.41) is 5.47. The highest BCUT2D eigenvalue weighted by Crippen LogP contribution is 2.48. The molecule has 0 spiro atoms. The molecule has 4 N–H and O–H groups in total. The Morgan fingerprint density at radius 3 is 1.41 bits per heavy atom. The SMILES string of the molecule is COC(=O)NC(C(=O)N1CC(OC)CC1c1nc2ccc(C3CCC(c4ccc5nc(C6CC(OC)CN6C(=O)C(NC(=O)OC)C(C)C)[nH]c5c4)N3c3ccc(C(C)(C)C)cc3)cc2[nH]1)C(C)C. The van der Waals surface area contributed by atoms with Crippen LogP contribution in [0, 0.1) is 11.8 Å². The number of alkyl carbamates (subject to hydrolysis) is 2. The Labute approximate surface area is 404 Å². The van der Waals surface area contributed by atoms with Crippen molar-refractivity contribution in [1.82, 2.24) is 40.4 Å². The summed E-state index contributed by atoms with van der Waals surface area (Å²) in [6.07, 6.45) is 1.19. The molecule has 0 saturated carbocycles.